The van der Waals surface area contributed by atoms with Crippen LogP contribution in [0.4, 0.5) is 0 Å². The second-order valence-corrected chi connectivity index (χ2v) is 10.0. The standard InChI is InChI=1S/C13H20N2O2S4/c1-3-10-4-5-11(20-10)21(16,17)15-8-6-13(19-2,7-9-15)12(14)18/h4-5H,3,6-9H2,1-2H3,(H2,14,18). The van der Waals surface area contributed by atoms with E-state index in [1.807, 2.05) is 19.2 Å². The number of thioether (sulfide) groups is 1. The first-order valence-electron chi connectivity index (χ1n) is 6.79. The fraction of sp³-hybridized carbons (Fsp3) is 0.615. The van der Waals surface area contributed by atoms with E-state index in [9.17, 15) is 8.42 Å². The smallest absolute Gasteiger partial charge is 0.252 e. The molecule has 118 valence electrons. The molecule has 1 aliphatic rings. The van der Waals surface area contributed by atoms with E-state index >= 15 is 0 Å². The molecule has 0 saturated carbocycles. The van der Waals surface area contributed by atoms with Gasteiger partial charge >= 0.3 is 0 Å². The van der Waals surface area contributed by atoms with Crippen molar-refractivity contribution in [1.82, 2.24) is 4.31 Å². The van der Waals surface area contributed by atoms with Crippen molar-refractivity contribution in [3.05, 3.63) is 17.0 Å². The Morgan fingerprint density at radius 2 is 2.10 bits per heavy atom. The van der Waals surface area contributed by atoms with E-state index in [0.29, 0.717) is 35.1 Å². The molecule has 1 aromatic heterocycles. The minimum atomic E-state index is -3.38. The van der Waals surface area contributed by atoms with Crippen molar-refractivity contribution in [2.75, 3.05) is 19.3 Å². The first kappa shape index (κ1) is 17.2. The summed E-state index contributed by atoms with van der Waals surface area (Å²) in [5.74, 6) is 0. The third-order valence-corrected chi connectivity index (χ3v) is 9.47. The van der Waals surface area contributed by atoms with Gasteiger partial charge in [0, 0.05) is 18.0 Å². The molecular formula is C13H20N2O2S4. The van der Waals surface area contributed by atoms with E-state index in [4.69, 9.17) is 18.0 Å². The van der Waals surface area contributed by atoms with Crippen LogP contribution in [0, 0.1) is 0 Å². The molecule has 0 aromatic carbocycles. The fourth-order valence-corrected chi connectivity index (χ4v) is 6.59. The number of hydrogen-bond donors (Lipinski definition) is 1. The number of nitrogens with two attached hydrogens (primary N) is 1. The Morgan fingerprint density at radius 1 is 1.48 bits per heavy atom. The number of hydrogen-bond acceptors (Lipinski definition) is 5. The second kappa shape index (κ2) is 6.54. The van der Waals surface area contributed by atoms with Gasteiger partial charge in [0.1, 0.15) is 4.21 Å². The molecule has 0 atom stereocenters. The zero-order valence-electron chi connectivity index (χ0n) is 12.2. The van der Waals surface area contributed by atoms with Gasteiger partial charge in [-0.1, -0.05) is 19.1 Å². The Morgan fingerprint density at radius 3 is 2.52 bits per heavy atom. The maximum Gasteiger partial charge on any atom is 0.252 e. The van der Waals surface area contributed by atoms with Crippen LogP contribution in [-0.4, -0.2) is 41.8 Å². The van der Waals surface area contributed by atoms with Gasteiger partial charge < -0.3 is 5.73 Å². The summed E-state index contributed by atoms with van der Waals surface area (Å²) in [7, 11) is -3.38. The molecule has 0 bridgehead atoms. The van der Waals surface area contributed by atoms with Crippen LogP contribution in [0.15, 0.2) is 16.3 Å². The number of thiophene rings is 1. The minimum Gasteiger partial charge on any atom is -0.392 e. The summed E-state index contributed by atoms with van der Waals surface area (Å²) in [6, 6.07) is 3.60. The van der Waals surface area contributed by atoms with Crippen LogP contribution in [-0.2, 0) is 16.4 Å². The van der Waals surface area contributed by atoms with E-state index in [-0.39, 0.29) is 4.75 Å². The molecule has 0 amide bonds. The highest BCUT2D eigenvalue weighted by atomic mass is 32.2. The van der Waals surface area contributed by atoms with Crippen molar-refractivity contribution in [2.45, 2.75) is 35.1 Å². The molecule has 2 rings (SSSR count). The Labute approximate surface area is 140 Å². The number of piperidine rings is 1. The van der Waals surface area contributed by atoms with Gasteiger partial charge in [-0.15, -0.1) is 11.3 Å². The van der Waals surface area contributed by atoms with E-state index in [2.05, 4.69) is 0 Å². The van der Waals surface area contributed by atoms with Gasteiger partial charge in [-0.2, -0.15) is 16.1 Å². The molecule has 0 radical (unpaired) electrons. The monoisotopic (exact) mass is 364 g/mol. The molecule has 0 spiro atoms. The van der Waals surface area contributed by atoms with Crippen molar-refractivity contribution < 1.29 is 8.42 Å². The number of rotatable bonds is 5. The van der Waals surface area contributed by atoms with E-state index in [1.54, 1.807) is 22.1 Å². The predicted molar refractivity (Wildman–Crippen MR) is 94.7 cm³/mol. The summed E-state index contributed by atoms with van der Waals surface area (Å²) in [6.07, 6.45) is 4.19. The molecule has 2 heterocycles. The molecule has 0 unspecified atom stereocenters. The largest absolute Gasteiger partial charge is 0.392 e. The number of thiocarbonyl (C=S) groups is 1. The van der Waals surface area contributed by atoms with Crippen molar-refractivity contribution in [2.24, 2.45) is 5.73 Å². The van der Waals surface area contributed by atoms with Crippen molar-refractivity contribution in [3.63, 3.8) is 0 Å². The van der Waals surface area contributed by atoms with Crippen LogP contribution in [0.1, 0.15) is 24.6 Å². The SMILES string of the molecule is CCc1ccc(S(=O)(=O)N2CCC(SC)(C(N)=S)CC2)s1. The van der Waals surface area contributed by atoms with Crippen molar-refractivity contribution in [3.8, 4) is 0 Å². The average Bonchev–Trinajstić information content (AvgIpc) is 2.96. The Hall–Kier alpha value is -0.150. The summed E-state index contributed by atoms with van der Waals surface area (Å²) >= 11 is 8.15. The Bertz CT molecular complexity index is 616. The summed E-state index contributed by atoms with van der Waals surface area (Å²) in [4.78, 5) is 1.57. The third-order valence-electron chi connectivity index (χ3n) is 3.95. The molecule has 0 aliphatic carbocycles. The van der Waals surface area contributed by atoms with Gasteiger partial charge in [0.05, 0.1) is 9.74 Å². The normalized spacial score (nSPS) is 19.5. The highest BCUT2D eigenvalue weighted by molar-refractivity contribution is 8.02. The van der Waals surface area contributed by atoms with Gasteiger partial charge in [0.2, 0.25) is 0 Å². The van der Waals surface area contributed by atoms with Crippen LogP contribution in [0.5, 0.6) is 0 Å². The molecule has 1 fully saturated rings. The highest BCUT2D eigenvalue weighted by Gasteiger charge is 2.40. The lowest BCUT2D eigenvalue weighted by Gasteiger charge is -2.39. The second-order valence-electron chi connectivity index (χ2n) is 5.04. The summed E-state index contributed by atoms with van der Waals surface area (Å²) in [5.41, 5.74) is 5.84. The quantitative estimate of drug-likeness (QED) is 0.813. The first-order valence-corrected chi connectivity index (χ1v) is 10.7. The zero-order chi connectivity index (χ0) is 15.7. The van der Waals surface area contributed by atoms with Gasteiger partial charge in [-0.05, 0) is 37.7 Å². The highest BCUT2D eigenvalue weighted by Crippen LogP contribution is 2.37. The average molecular weight is 365 g/mol. The number of nitrogens with zero attached hydrogens (tertiary/aromatic N) is 1. The molecule has 4 nitrogen and oxygen atoms in total. The number of aryl methyl sites for hydroxylation is 1. The predicted octanol–water partition coefficient (Wildman–Crippen LogP) is 2.48. The van der Waals surface area contributed by atoms with Gasteiger partial charge in [-0.25, -0.2) is 8.42 Å². The molecular weight excluding hydrogens is 344 g/mol. The zero-order valence-corrected chi connectivity index (χ0v) is 15.4. The third kappa shape index (κ3) is 3.29. The molecule has 21 heavy (non-hydrogen) atoms. The van der Waals surface area contributed by atoms with Crippen LogP contribution < -0.4 is 5.73 Å². The van der Waals surface area contributed by atoms with Gasteiger partial charge in [0.15, 0.2) is 0 Å². The molecule has 1 saturated heterocycles. The van der Waals surface area contributed by atoms with E-state index in [0.717, 1.165) is 11.3 Å². The summed E-state index contributed by atoms with van der Waals surface area (Å²) in [5, 5.41) is 0. The molecule has 1 aromatic rings. The molecule has 8 heteroatoms. The topological polar surface area (TPSA) is 63.4 Å². The van der Waals surface area contributed by atoms with Crippen LogP contribution in [0.25, 0.3) is 0 Å². The first-order chi connectivity index (χ1) is 9.85. The van der Waals surface area contributed by atoms with E-state index in [1.165, 1.54) is 11.3 Å². The summed E-state index contributed by atoms with van der Waals surface area (Å²) < 4.78 is 27.0. The lowest BCUT2D eigenvalue weighted by atomic mass is 9.97. The van der Waals surface area contributed by atoms with Crippen LogP contribution in [0.3, 0.4) is 0 Å². The maximum absolute atomic E-state index is 12.7. The lowest BCUT2D eigenvalue weighted by Crippen LogP contribution is -2.50. The van der Waals surface area contributed by atoms with Crippen LogP contribution in [0.2, 0.25) is 0 Å². The molecule has 2 N–H and O–H groups in total. The molecule has 1 aliphatic heterocycles. The van der Waals surface area contributed by atoms with Crippen molar-refractivity contribution >= 4 is 50.3 Å². The maximum atomic E-state index is 12.7. The summed E-state index contributed by atoms with van der Waals surface area (Å²) in [6.45, 7) is 2.97. The Balaban J connectivity index is 2.16. The Kier molecular flexibility index (Phi) is 5.36. The van der Waals surface area contributed by atoms with Crippen LogP contribution >= 0.6 is 35.3 Å². The van der Waals surface area contributed by atoms with E-state index < -0.39 is 10.0 Å². The number of sulfonamides is 1. The van der Waals surface area contributed by atoms with Gasteiger partial charge in [0.25, 0.3) is 10.0 Å². The minimum absolute atomic E-state index is 0.259. The van der Waals surface area contributed by atoms with Crippen molar-refractivity contribution in [1.29, 1.82) is 0 Å². The lowest BCUT2D eigenvalue weighted by molar-refractivity contribution is 0.333. The fourth-order valence-electron chi connectivity index (χ4n) is 2.45. The van der Waals surface area contributed by atoms with Gasteiger partial charge in [-0.3, -0.25) is 0 Å².